The van der Waals surface area contributed by atoms with Gasteiger partial charge in [-0.15, -0.1) is 10.2 Å². The van der Waals surface area contributed by atoms with Crippen LogP contribution in [0.4, 0.5) is 11.5 Å². The van der Waals surface area contributed by atoms with E-state index in [0.717, 1.165) is 15.2 Å². The summed E-state index contributed by atoms with van der Waals surface area (Å²) in [6, 6.07) is 14.5. The van der Waals surface area contributed by atoms with Crippen LogP contribution in [0.25, 0.3) is 16.7 Å². The number of nitrogens with one attached hydrogen (secondary N) is 1. The number of esters is 1. The number of hydrogen-bond donors (Lipinski definition) is 1. The largest absolute Gasteiger partial charge is 0.459 e. The number of ether oxygens (including phenoxy) is 1. The lowest BCUT2D eigenvalue weighted by Gasteiger charge is -2.26. The van der Waals surface area contributed by atoms with Gasteiger partial charge < -0.3 is 10.1 Å². The molecule has 0 radical (unpaired) electrons. The quantitative estimate of drug-likeness (QED) is 0.305. The molecular formula is C25H25Cl2N5O4S. The molecule has 0 saturated carbocycles. The van der Waals surface area contributed by atoms with E-state index in [4.69, 9.17) is 27.9 Å². The fraction of sp³-hybridized carbons (Fsp3) is 0.240. The number of fused-ring (bicyclic) bond motifs is 1. The van der Waals surface area contributed by atoms with Gasteiger partial charge in [0.05, 0.1) is 16.1 Å². The maximum atomic E-state index is 13.7. The number of carbonyl (C=O) groups is 1. The molecule has 2 heterocycles. The van der Waals surface area contributed by atoms with E-state index in [1.165, 1.54) is 18.2 Å². The zero-order chi connectivity index (χ0) is 27.0. The average molecular weight is 562 g/mol. The highest BCUT2D eigenvalue weighted by atomic mass is 35.5. The lowest BCUT2D eigenvalue weighted by molar-refractivity contribution is -0.152. The van der Waals surface area contributed by atoms with Gasteiger partial charge in [0.2, 0.25) is 0 Å². The molecule has 2 aromatic carbocycles. The van der Waals surface area contributed by atoms with Crippen molar-refractivity contribution in [3.8, 4) is 5.82 Å². The fourth-order valence-corrected chi connectivity index (χ4v) is 5.81. The van der Waals surface area contributed by atoms with E-state index in [1.807, 2.05) is 16.7 Å². The minimum absolute atomic E-state index is 0.147. The number of sulfonamides is 1. The predicted octanol–water partition coefficient (Wildman–Crippen LogP) is 5.31. The Morgan fingerprint density at radius 2 is 1.73 bits per heavy atom. The zero-order valence-electron chi connectivity index (χ0n) is 20.6. The van der Waals surface area contributed by atoms with Crippen LogP contribution in [0, 0.1) is 0 Å². The van der Waals surface area contributed by atoms with E-state index in [-0.39, 0.29) is 20.6 Å². The highest BCUT2D eigenvalue weighted by Gasteiger charge is 2.30. The van der Waals surface area contributed by atoms with E-state index in [9.17, 15) is 13.2 Å². The van der Waals surface area contributed by atoms with Gasteiger partial charge in [0.25, 0.3) is 10.0 Å². The lowest BCUT2D eigenvalue weighted by atomic mass is 10.2. The molecule has 1 N–H and O–H groups in total. The standard InChI is InChI=1S/C25H25Cl2N5O4S/c1-25(2,3)36-24(33)15-32(37(34,35)20-13-17(26)12-18(27)14-20)19-5-6-21-16(11-19)9-10-31(21)23-8-7-22(28-4)29-30-23/h5-14H,15H2,1-4H3,(H,28,29). The molecule has 0 bridgehead atoms. The number of aromatic nitrogens is 3. The molecule has 0 spiro atoms. The van der Waals surface area contributed by atoms with Crippen LogP contribution in [-0.4, -0.2) is 48.3 Å². The molecule has 0 aliphatic heterocycles. The van der Waals surface area contributed by atoms with Gasteiger partial charge in [0.15, 0.2) is 5.82 Å². The normalized spacial score (nSPS) is 11.9. The number of hydrogen-bond acceptors (Lipinski definition) is 7. The van der Waals surface area contributed by atoms with Crippen LogP contribution in [0.3, 0.4) is 0 Å². The Morgan fingerprint density at radius 3 is 2.32 bits per heavy atom. The van der Waals surface area contributed by atoms with Crippen molar-refractivity contribution < 1.29 is 17.9 Å². The molecule has 0 fully saturated rings. The van der Waals surface area contributed by atoms with E-state index < -0.39 is 28.1 Å². The van der Waals surface area contributed by atoms with Crippen molar-refractivity contribution in [2.45, 2.75) is 31.3 Å². The average Bonchev–Trinajstić information content (AvgIpc) is 3.24. The zero-order valence-corrected chi connectivity index (χ0v) is 22.9. The number of benzene rings is 2. The van der Waals surface area contributed by atoms with E-state index >= 15 is 0 Å². The Kier molecular flexibility index (Phi) is 7.36. The van der Waals surface area contributed by atoms with Gasteiger partial charge in [-0.3, -0.25) is 13.7 Å². The van der Waals surface area contributed by atoms with Gasteiger partial charge >= 0.3 is 5.97 Å². The molecule has 0 atom stereocenters. The van der Waals surface area contributed by atoms with Crippen molar-refractivity contribution in [1.82, 2.24) is 14.8 Å². The summed E-state index contributed by atoms with van der Waals surface area (Å²) in [5.41, 5.74) is 0.246. The molecule has 2 aromatic heterocycles. The van der Waals surface area contributed by atoms with Gasteiger partial charge in [0, 0.05) is 28.7 Å². The van der Waals surface area contributed by atoms with Crippen molar-refractivity contribution in [2.24, 2.45) is 0 Å². The number of nitrogens with zero attached hydrogens (tertiary/aromatic N) is 4. The highest BCUT2D eigenvalue weighted by Crippen LogP contribution is 2.31. The summed E-state index contributed by atoms with van der Waals surface area (Å²) in [5.74, 6) is 0.516. The van der Waals surface area contributed by atoms with Crippen LogP contribution in [0.2, 0.25) is 10.0 Å². The van der Waals surface area contributed by atoms with Gasteiger partial charge in [0.1, 0.15) is 18.0 Å². The molecule has 0 unspecified atom stereocenters. The summed E-state index contributed by atoms with van der Waals surface area (Å²) >= 11 is 12.2. The minimum Gasteiger partial charge on any atom is -0.459 e. The molecule has 37 heavy (non-hydrogen) atoms. The number of anilines is 2. The Balaban J connectivity index is 1.78. The molecule has 0 saturated heterocycles. The number of carbonyl (C=O) groups excluding carboxylic acids is 1. The lowest BCUT2D eigenvalue weighted by Crippen LogP contribution is -2.39. The Hall–Kier alpha value is -3.34. The molecule has 12 heteroatoms. The summed E-state index contributed by atoms with van der Waals surface area (Å²) in [4.78, 5) is 12.6. The summed E-state index contributed by atoms with van der Waals surface area (Å²) < 4.78 is 35.7. The maximum absolute atomic E-state index is 13.7. The summed E-state index contributed by atoms with van der Waals surface area (Å²) in [6.07, 6.45) is 1.81. The fourth-order valence-electron chi connectivity index (χ4n) is 3.68. The first-order chi connectivity index (χ1) is 17.4. The molecule has 0 aliphatic rings. The Bertz CT molecular complexity index is 1540. The van der Waals surface area contributed by atoms with E-state index in [0.29, 0.717) is 11.6 Å². The Labute approximate surface area is 225 Å². The molecular weight excluding hydrogens is 537 g/mol. The van der Waals surface area contributed by atoms with Crippen molar-refractivity contribution in [2.75, 3.05) is 23.2 Å². The second-order valence-electron chi connectivity index (χ2n) is 9.16. The smallest absolute Gasteiger partial charge is 0.327 e. The minimum atomic E-state index is -4.24. The second-order valence-corrected chi connectivity index (χ2v) is 11.9. The summed E-state index contributed by atoms with van der Waals surface area (Å²) in [5, 5.41) is 12.3. The third kappa shape index (κ3) is 5.98. The van der Waals surface area contributed by atoms with E-state index in [2.05, 4.69) is 15.5 Å². The van der Waals surface area contributed by atoms with Gasteiger partial charge in [-0.05, 0) is 75.4 Å². The van der Waals surface area contributed by atoms with Crippen molar-refractivity contribution in [3.63, 3.8) is 0 Å². The molecule has 194 valence electrons. The first-order valence-corrected chi connectivity index (χ1v) is 13.4. The third-order valence-electron chi connectivity index (χ3n) is 5.23. The third-order valence-corrected chi connectivity index (χ3v) is 7.42. The summed E-state index contributed by atoms with van der Waals surface area (Å²) in [6.45, 7) is 4.58. The molecule has 9 nitrogen and oxygen atoms in total. The van der Waals surface area contributed by atoms with Crippen LogP contribution >= 0.6 is 23.2 Å². The molecule has 4 rings (SSSR count). The molecule has 0 amide bonds. The van der Waals surface area contributed by atoms with Crippen LogP contribution in [0.15, 0.2) is 65.7 Å². The van der Waals surface area contributed by atoms with Crippen LogP contribution in [0.1, 0.15) is 20.8 Å². The van der Waals surface area contributed by atoms with Crippen molar-refractivity contribution in [1.29, 1.82) is 0 Å². The number of halogens is 2. The Morgan fingerprint density at radius 1 is 1.03 bits per heavy atom. The second kappa shape index (κ2) is 10.2. The topological polar surface area (TPSA) is 106 Å². The van der Waals surface area contributed by atoms with Crippen molar-refractivity contribution in [3.05, 3.63) is 70.8 Å². The number of rotatable bonds is 7. The first kappa shape index (κ1) is 26.7. The predicted molar refractivity (Wildman–Crippen MR) is 145 cm³/mol. The van der Waals surface area contributed by atoms with Crippen LogP contribution in [-0.2, 0) is 19.6 Å². The van der Waals surface area contributed by atoms with Gasteiger partial charge in [-0.1, -0.05) is 23.2 Å². The SMILES string of the molecule is CNc1ccc(-n2ccc3cc(N(CC(=O)OC(C)(C)C)S(=O)(=O)c4cc(Cl)cc(Cl)c4)ccc32)nn1. The van der Waals surface area contributed by atoms with E-state index in [1.54, 1.807) is 58.3 Å². The van der Waals surface area contributed by atoms with Gasteiger partial charge in [-0.25, -0.2) is 8.42 Å². The maximum Gasteiger partial charge on any atom is 0.327 e. The monoisotopic (exact) mass is 561 g/mol. The van der Waals surface area contributed by atoms with Crippen molar-refractivity contribution >= 4 is 61.6 Å². The summed E-state index contributed by atoms with van der Waals surface area (Å²) in [7, 11) is -2.49. The highest BCUT2D eigenvalue weighted by molar-refractivity contribution is 7.92. The van der Waals surface area contributed by atoms with Crippen LogP contribution in [0.5, 0.6) is 0 Å². The van der Waals surface area contributed by atoms with Crippen LogP contribution < -0.4 is 9.62 Å². The first-order valence-electron chi connectivity index (χ1n) is 11.2. The van der Waals surface area contributed by atoms with Gasteiger partial charge in [-0.2, -0.15) is 0 Å². The molecule has 4 aromatic rings. The molecule has 0 aliphatic carbocycles.